The zero-order valence-electron chi connectivity index (χ0n) is 15.7. The van der Waals surface area contributed by atoms with Gasteiger partial charge >= 0.3 is 0 Å². The molecule has 24 heavy (non-hydrogen) atoms. The van der Waals surface area contributed by atoms with Gasteiger partial charge in [0, 0.05) is 6.61 Å². The largest absolute Gasteiger partial charge is 0.462 e. The fourth-order valence-electron chi connectivity index (χ4n) is 2.27. The van der Waals surface area contributed by atoms with Crippen molar-refractivity contribution in [1.82, 2.24) is 0 Å². The van der Waals surface area contributed by atoms with E-state index in [2.05, 4.69) is 22.9 Å². The Kier molecular flexibility index (Phi) is 12.9. The predicted octanol–water partition coefficient (Wildman–Crippen LogP) is 5.24. The summed E-state index contributed by atoms with van der Waals surface area (Å²) in [5.41, 5.74) is 0.946. The van der Waals surface area contributed by atoms with Crippen molar-refractivity contribution in [3.05, 3.63) is 42.0 Å². The van der Waals surface area contributed by atoms with Crippen molar-refractivity contribution in [2.24, 2.45) is 5.92 Å². The minimum atomic E-state index is -0.318. The SMILES string of the molecule is C/C=C/c1ccccc1.CC(C)(C)OC=O.OCC1CCCCC1. The normalized spacial score (nSPS) is 14.9. The quantitative estimate of drug-likeness (QED) is 0.769. The van der Waals surface area contributed by atoms with Crippen molar-refractivity contribution in [2.45, 2.75) is 65.4 Å². The molecule has 0 heterocycles. The van der Waals surface area contributed by atoms with Gasteiger partial charge in [-0.15, -0.1) is 0 Å². The van der Waals surface area contributed by atoms with E-state index in [1.54, 1.807) is 0 Å². The Morgan fingerprint density at radius 1 is 1.12 bits per heavy atom. The lowest BCUT2D eigenvalue weighted by molar-refractivity contribution is -0.138. The monoisotopic (exact) mass is 334 g/mol. The Bertz CT molecular complexity index is 426. The zero-order valence-corrected chi connectivity index (χ0v) is 15.7. The van der Waals surface area contributed by atoms with Crippen LogP contribution in [0.5, 0.6) is 0 Å². The molecule has 136 valence electrons. The molecule has 1 aromatic carbocycles. The van der Waals surface area contributed by atoms with Crippen LogP contribution in [0.4, 0.5) is 0 Å². The predicted molar refractivity (Wildman–Crippen MR) is 102 cm³/mol. The van der Waals surface area contributed by atoms with E-state index in [0.29, 0.717) is 19.0 Å². The second-order valence-corrected chi connectivity index (χ2v) is 6.92. The molecule has 1 aliphatic carbocycles. The Balaban J connectivity index is 0.000000334. The van der Waals surface area contributed by atoms with Crippen LogP contribution < -0.4 is 0 Å². The van der Waals surface area contributed by atoms with Gasteiger partial charge < -0.3 is 9.84 Å². The summed E-state index contributed by atoms with van der Waals surface area (Å²) in [6, 6.07) is 10.3. The van der Waals surface area contributed by atoms with E-state index in [-0.39, 0.29) is 5.60 Å². The van der Waals surface area contributed by atoms with Crippen molar-refractivity contribution in [3.63, 3.8) is 0 Å². The van der Waals surface area contributed by atoms with E-state index >= 15 is 0 Å². The van der Waals surface area contributed by atoms with Gasteiger partial charge in [-0.05, 0) is 52.0 Å². The number of ether oxygens (including phenoxy) is 1. The third kappa shape index (κ3) is 14.0. The molecule has 3 nitrogen and oxygen atoms in total. The number of carbonyl (C=O) groups excluding carboxylic acids is 1. The fraction of sp³-hybridized carbons (Fsp3) is 0.571. The molecule has 0 atom stereocenters. The molecule has 1 saturated carbocycles. The van der Waals surface area contributed by atoms with E-state index < -0.39 is 0 Å². The van der Waals surface area contributed by atoms with Crippen molar-refractivity contribution in [3.8, 4) is 0 Å². The molecule has 0 spiro atoms. The van der Waals surface area contributed by atoms with Crippen LogP contribution in [0.15, 0.2) is 36.4 Å². The molecule has 1 aliphatic rings. The minimum Gasteiger partial charge on any atom is -0.462 e. The van der Waals surface area contributed by atoms with Gasteiger partial charge in [-0.3, -0.25) is 4.79 Å². The van der Waals surface area contributed by atoms with Crippen molar-refractivity contribution in [2.75, 3.05) is 6.61 Å². The highest BCUT2D eigenvalue weighted by atomic mass is 16.5. The second kappa shape index (κ2) is 13.8. The first kappa shape index (κ1) is 22.4. The van der Waals surface area contributed by atoms with E-state index in [1.807, 2.05) is 52.0 Å². The molecular weight excluding hydrogens is 300 g/mol. The molecule has 3 heteroatoms. The summed E-state index contributed by atoms with van der Waals surface area (Å²) in [5, 5.41) is 8.69. The van der Waals surface area contributed by atoms with Gasteiger partial charge in [0.15, 0.2) is 0 Å². The maximum atomic E-state index is 9.60. The topological polar surface area (TPSA) is 46.5 Å². The van der Waals surface area contributed by atoms with Crippen LogP contribution in [0.1, 0.15) is 65.4 Å². The third-order valence-corrected chi connectivity index (χ3v) is 3.54. The van der Waals surface area contributed by atoms with Crippen LogP contribution in [0.25, 0.3) is 6.08 Å². The van der Waals surface area contributed by atoms with Crippen LogP contribution in [0.2, 0.25) is 0 Å². The Morgan fingerprint density at radius 2 is 1.71 bits per heavy atom. The van der Waals surface area contributed by atoms with Gasteiger partial charge in [-0.1, -0.05) is 61.7 Å². The molecule has 1 aromatic rings. The molecule has 1 N–H and O–H groups in total. The summed E-state index contributed by atoms with van der Waals surface area (Å²) in [7, 11) is 0. The molecule has 1 fully saturated rings. The third-order valence-electron chi connectivity index (χ3n) is 3.54. The first-order chi connectivity index (χ1) is 11.4. The molecule has 0 bridgehead atoms. The van der Waals surface area contributed by atoms with Crippen LogP contribution in [0, 0.1) is 5.92 Å². The highest BCUT2D eigenvalue weighted by Gasteiger charge is 2.10. The molecule has 2 rings (SSSR count). The Hall–Kier alpha value is -1.61. The number of aliphatic hydroxyl groups excluding tert-OH is 1. The lowest BCUT2D eigenvalue weighted by Gasteiger charge is -2.18. The summed E-state index contributed by atoms with van der Waals surface area (Å²) >= 11 is 0. The highest BCUT2D eigenvalue weighted by molar-refractivity contribution is 5.47. The number of hydrogen-bond acceptors (Lipinski definition) is 3. The standard InChI is InChI=1S/C9H10.C7H14O.C5H10O2/c1-2-6-9-7-4-3-5-8-9;8-6-7-4-2-1-3-5-7;1-5(2,3)7-4-6/h2-8H,1H3;7-8H,1-6H2;4H,1-3H3/b6-2+;;. The summed E-state index contributed by atoms with van der Waals surface area (Å²) < 4.78 is 4.55. The van der Waals surface area contributed by atoms with Gasteiger partial charge in [0.05, 0.1) is 0 Å². The average molecular weight is 335 g/mol. The van der Waals surface area contributed by atoms with Crippen LogP contribution in [-0.2, 0) is 9.53 Å². The van der Waals surface area contributed by atoms with Crippen molar-refractivity contribution < 1.29 is 14.6 Å². The number of benzene rings is 1. The summed E-state index contributed by atoms with van der Waals surface area (Å²) in [6.07, 6.45) is 10.7. The lowest BCUT2D eigenvalue weighted by atomic mass is 9.90. The van der Waals surface area contributed by atoms with Gasteiger partial charge in [-0.2, -0.15) is 0 Å². The molecular formula is C21H34O3. The molecule has 0 saturated heterocycles. The molecule has 0 aromatic heterocycles. The molecule has 0 amide bonds. The number of rotatable bonds is 3. The number of aliphatic hydroxyl groups is 1. The first-order valence-corrected chi connectivity index (χ1v) is 8.83. The highest BCUT2D eigenvalue weighted by Crippen LogP contribution is 2.22. The zero-order chi connectivity index (χ0) is 18.3. The number of hydrogen-bond donors (Lipinski definition) is 1. The number of carbonyl (C=O) groups is 1. The van der Waals surface area contributed by atoms with Gasteiger partial charge in [0.2, 0.25) is 0 Å². The maximum Gasteiger partial charge on any atom is 0.293 e. The maximum absolute atomic E-state index is 9.60. The fourth-order valence-corrected chi connectivity index (χ4v) is 2.27. The minimum absolute atomic E-state index is 0.318. The Morgan fingerprint density at radius 3 is 2.04 bits per heavy atom. The van der Waals surface area contributed by atoms with E-state index in [4.69, 9.17) is 5.11 Å². The van der Waals surface area contributed by atoms with E-state index in [0.717, 1.165) is 0 Å². The van der Waals surface area contributed by atoms with E-state index in [9.17, 15) is 4.79 Å². The molecule has 0 unspecified atom stereocenters. The molecule has 0 radical (unpaired) electrons. The van der Waals surface area contributed by atoms with E-state index in [1.165, 1.54) is 37.7 Å². The van der Waals surface area contributed by atoms with Crippen LogP contribution in [-0.4, -0.2) is 23.8 Å². The number of allylic oxidation sites excluding steroid dienone is 1. The van der Waals surface area contributed by atoms with Gasteiger partial charge in [-0.25, -0.2) is 0 Å². The van der Waals surface area contributed by atoms with Gasteiger partial charge in [0.1, 0.15) is 5.60 Å². The van der Waals surface area contributed by atoms with Crippen molar-refractivity contribution in [1.29, 1.82) is 0 Å². The smallest absolute Gasteiger partial charge is 0.293 e. The Labute approximate surface area is 147 Å². The lowest BCUT2D eigenvalue weighted by Crippen LogP contribution is -2.17. The molecule has 0 aliphatic heterocycles. The summed E-state index contributed by atoms with van der Waals surface area (Å²) in [5.74, 6) is 0.642. The van der Waals surface area contributed by atoms with Gasteiger partial charge in [0.25, 0.3) is 6.47 Å². The average Bonchev–Trinajstić information content (AvgIpc) is 2.57. The van der Waals surface area contributed by atoms with Crippen molar-refractivity contribution >= 4 is 12.5 Å². The first-order valence-electron chi connectivity index (χ1n) is 8.83. The van der Waals surface area contributed by atoms with Crippen LogP contribution >= 0.6 is 0 Å². The summed E-state index contributed by atoms with van der Waals surface area (Å²) in [4.78, 5) is 9.60. The van der Waals surface area contributed by atoms with Crippen LogP contribution in [0.3, 0.4) is 0 Å². The summed E-state index contributed by atoms with van der Waals surface area (Å²) in [6.45, 7) is 8.36. The second-order valence-electron chi connectivity index (χ2n) is 6.92.